The van der Waals surface area contributed by atoms with Crippen molar-refractivity contribution in [3.63, 3.8) is 0 Å². The lowest BCUT2D eigenvalue weighted by Crippen LogP contribution is -2.18. The molecule has 2 aromatic carbocycles. The SMILES string of the molecule is CNC(=O)c1ccc(NC(=O)c2ccc(NS(=O)(=O)c3cccs3)cc2)cc1. The van der Waals surface area contributed by atoms with Gasteiger partial charge < -0.3 is 10.6 Å². The van der Waals surface area contributed by atoms with Crippen LogP contribution < -0.4 is 15.4 Å². The second kappa shape index (κ2) is 8.24. The molecule has 0 radical (unpaired) electrons. The maximum atomic E-state index is 12.3. The van der Waals surface area contributed by atoms with Crippen LogP contribution in [0.5, 0.6) is 0 Å². The van der Waals surface area contributed by atoms with Crippen molar-refractivity contribution in [3.05, 3.63) is 77.2 Å². The van der Waals surface area contributed by atoms with Crippen LogP contribution in [0, 0.1) is 0 Å². The summed E-state index contributed by atoms with van der Waals surface area (Å²) < 4.78 is 27.1. The summed E-state index contributed by atoms with van der Waals surface area (Å²) >= 11 is 1.12. The fourth-order valence-corrected chi connectivity index (χ4v) is 4.42. The van der Waals surface area contributed by atoms with Crippen molar-refractivity contribution in [2.24, 2.45) is 0 Å². The third-order valence-corrected chi connectivity index (χ3v) is 6.57. The predicted octanol–water partition coefficient (Wildman–Crippen LogP) is 3.16. The normalized spacial score (nSPS) is 10.9. The topological polar surface area (TPSA) is 104 Å². The van der Waals surface area contributed by atoms with Gasteiger partial charge in [0.15, 0.2) is 0 Å². The maximum Gasteiger partial charge on any atom is 0.271 e. The van der Waals surface area contributed by atoms with Gasteiger partial charge in [-0.3, -0.25) is 14.3 Å². The Morgan fingerprint density at radius 2 is 1.39 bits per heavy atom. The van der Waals surface area contributed by atoms with Crippen LogP contribution in [0.3, 0.4) is 0 Å². The number of hydrogen-bond acceptors (Lipinski definition) is 5. The molecule has 0 saturated carbocycles. The molecule has 0 atom stereocenters. The van der Waals surface area contributed by atoms with Gasteiger partial charge in [-0.05, 0) is 60.0 Å². The first-order chi connectivity index (χ1) is 13.4. The molecule has 1 heterocycles. The molecule has 144 valence electrons. The number of carbonyl (C=O) groups is 2. The molecule has 0 spiro atoms. The molecular formula is C19H17N3O4S2. The van der Waals surface area contributed by atoms with Crippen molar-refractivity contribution in [3.8, 4) is 0 Å². The number of hydrogen-bond donors (Lipinski definition) is 3. The zero-order valence-electron chi connectivity index (χ0n) is 14.8. The second-order valence-electron chi connectivity index (χ2n) is 5.73. The average Bonchev–Trinajstić information content (AvgIpc) is 3.24. The van der Waals surface area contributed by atoms with E-state index in [2.05, 4.69) is 15.4 Å². The molecule has 0 bridgehead atoms. The van der Waals surface area contributed by atoms with Crippen molar-refractivity contribution in [1.29, 1.82) is 0 Å². The number of benzene rings is 2. The van der Waals surface area contributed by atoms with Gasteiger partial charge in [0.2, 0.25) is 0 Å². The number of anilines is 2. The molecule has 3 rings (SSSR count). The molecule has 9 heteroatoms. The van der Waals surface area contributed by atoms with E-state index in [1.165, 1.54) is 30.3 Å². The zero-order chi connectivity index (χ0) is 20.1. The van der Waals surface area contributed by atoms with Gasteiger partial charge in [-0.1, -0.05) is 6.07 Å². The third kappa shape index (κ3) is 4.56. The number of rotatable bonds is 6. The number of sulfonamides is 1. The highest BCUT2D eigenvalue weighted by Gasteiger charge is 2.15. The van der Waals surface area contributed by atoms with Crippen molar-refractivity contribution < 1.29 is 18.0 Å². The number of amides is 2. The molecule has 3 N–H and O–H groups in total. The summed E-state index contributed by atoms with van der Waals surface area (Å²) in [7, 11) is -2.09. The summed E-state index contributed by atoms with van der Waals surface area (Å²) in [6, 6.07) is 15.8. The monoisotopic (exact) mass is 415 g/mol. The zero-order valence-corrected chi connectivity index (χ0v) is 16.4. The molecule has 0 saturated heterocycles. The van der Waals surface area contributed by atoms with Crippen molar-refractivity contribution >= 4 is 44.5 Å². The fourth-order valence-electron chi connectivity index (χ4n) is 2.36. The highest BCUT2D eigenvalue weighted by atomic mass is 32.2. The first-order valence-electron chi connectivity index (χ1n) is 8.19. The molecule has 1 aromatic heterocycles. The quantitative estimate of drug-likeness (QED) is 0.575. The van der Waals surface area contributed by atoms with Crippen molar-refractivity contribution in [1.82, 2.24) is 5.32 Å². The van der Waals surface area contributed by atoms with E-state index in [-0.39, 0.29) is 16.0 Å². The van der Waals surface area contributed by atoms with E-state index < -0.39 is 10.0 Å². The summed E-state index contributed by atoms with van der Waals surface area (Å²) in [4.78, 5) is 23.9. The first kappa shape index (κ1) is 19.6. The maximum absolute atomic E-state index is 12.3. The molecule has 0 aliphatic heterocycles. The Hall–Kier alpha value is -3.17. The van der Waals surface area contributed by atoms with E-state index in [4.69, 9.17) is 0 Å². The van der Waals surface area contributed by atoms with Crippen molar-refractivity contribution in [2.45, 2.75) is 4.21 Å². The smallest absolute Gasteiger partial charge is 0.271 e. The van der Waals surface area contributed by atoms with E-state index in [1.807, 2.05) is 0 Å². The molecule has 0 aliphatic carbocycles. The van der Waals surface area contributed by atoms with E-state index in [0.29, 0.717) is 22.5 Å². The van der Waals surface area contributed by atoms with Gasteiger partial charge in [0.1, 0.15) is 4.21 Å². The van der Waals surface area contributed by atoms with E-state index >= 15 is 0 Å². The Bertz CT molecular complexity index is 1080. The van der Waals surface area contributed by atoms with Gasteiger partial charge in [-0.2, -0.15) is 0 Å². The molecule has 2 amide bonds. The van der Waals surface area contributed by atoms with Gasteiger partial charge in [0.05, 0.1) is 0 Å². The van der Waals surface area contributed by atoms with Gasteiger partial charge in [0, 0.05) is 29.5 Å². The lowest BCUT2D eigenvalue weighted by molar-refractivity contribution is 0.0962. The van der Waals surface area contributed by atoms with Crippen LogP contribution in [0.2, 0.25) is 0 Å². The number of nitrogens with one attached hydrogen (secondary N) is 3. The van der Waals surface area contributed by atoms with Crippen molar-refractivity contribution in [2.75, 3.05) is 17.1 Å². The Morgan fingerprint density at radius 1 is 0.821 bits per heavy atom. The molecule has 7 nitrogen and oxygen atoms in total. The third-order valence-electron chi connectivity index (χ3n) is 3.79. The summed E-state index contributed by atoms with van der Waals surface area (Å²) in [5, 5.41) is 6.93. The molecule has 0 unspecified atom stereocenters. The minimum atomic E-state index is -3.63. The minimum Gasteiger partial charge on any atom is -0.355 e. The fraction of sp³-hybridized carbons (Fsp3) is 0.0526. The highest BCUT2D eigenvalue weighted by molar-refractivity contribution is 7.94. The molecular weight excluding hydrogens is 398 g/mol. The van der Waals surface area contributed by atoms with E-state index in [1.54, 1.807) is 42.8 Å². The van der Waals surface area contributed by atoms with Crippen LogP contribution in [0.25, 0.3) is 0 Å². The number of thiophene rings is 1. The highest BCUT2D eigenvalue weighted by Crippen LogP contribution is 2.21. The van der Waals surface area contributed by atoms with Crippen LogP contribution >= 0.6 is 11.3 Å². The first-order valence-corrected chi connectivity index (χ1v) is 10.6. The average molecular weight is 415 g/mol. The van der Waals surface area contributed by atoms with E-state index in [0.717, 1.165) is 11.3 Å². The summed E-state index contributed by atoms with van der Waals surface area (Å²) in [6.07, 6.45) is 0. The molecule has 3 aromatic rings. The predicted molar refractivity (Wildman–Crippen MR) is 109 cm³/mol. The lowest BCUT2D eigenvalue weighted by Gasteiger charge is -2.09. The standard InChI is InChI=1S/C19H17N3O4S2/c1-20-18(23)13-4-8-15(9-5-13)21-19(24)14-6-10-16(11-7-14)22-28(25,26)17-3-2-12-27-17/h2-12,22H,1H3,(H,20,23)(H,21,24). The van der Waals surface area contributed by atoms with Gasteiger partial charge in [-0.15, -0.1) is 11.3 Å². The van der Waals surface area contributed by atoms with Crippen LogP contribution in [-0.2, 0) is 10.0 Å². The van der Waals surface area contributed by atoms with Crippen LogP contribution in [-0.4, -0.2) is 27.3 Å². The Labute approximate surface area is 166 Å². The lowest BCUT2D eigenvalue weighted by atomic mass is 10.1. The molecule has 0 fully saturated rings. The summed E-state index contributed by atoms with van der Waals surface area (Å²) in [6.45, 7) is 0. The molecule has 0 aliphatic rings. The van der Waals surface area contributed by atoms with Gasteiger partial charge in [0.25, 0.3) is 21.8 Å². The van der Waals surface area contributed by atoms with Gasteiger partial charge >= 0.3 is 0 Å². The number of carbonyl (C=O) groups excluding carboxylic acids is 2. The van der Waals surface area contributed by atoms with Crippen LogP contribution in [0.1, 0.15) is 20.7 Å². The van der Waals surface area contributed by atoms with Crippen LogP contribution in [0.15, 0.2) is 70.3 Å². The summed E-state index contributed by atoms with van der Waals surface area (Å²) in [5.74, 6) is -0.557. The minimum absolute atomic E-state index is 0.210. The van der Waals surface area contributed by atoms with Crippen LogP contribution in [0.4, 0.5) is 11.4 Å². The Kier molecular flexibility index (Phi) is 5.76. The largest absolute Gasteiger partial charge is 0.355 e. The Balaban J connectivity index is 1.66. The van der Waals surface area contributed by atoms with Gasteiger partial charge in [-0.25, -0.2) is 8.42 Å². The summed E-state index contributed by atoms with van der Waals surface area (Å²) in [5.41, 5.74) is 1.76. The molecule has 28 heavy (non-hydrogen) atoms. The van der Waals surface area contributed by atoms with E-state index in [9.17, 15) is 18.0 Å². The Morgan fingerprint density at radius 3 is 1.93 bits per heavy atom. The second-order valence-corrected chi connectivity index (χ2v) is 8.58.